The predicted octanol–water partition coefficient (Wildman–Crippen LogP) is 3.00. The van der Waals surface area contributed by atoms with E-state index >= 15 is 0 Å². The first-order valence-electron chi connectivity index (χ1n) is 14.0. The summed E-state index contributed by atoms with van der Waals surface area (Å²) in [6.45, 7) is 11.2. The average molecular weight is 535 g/mol. The smallest absolute Gasteiger partial charge is 0.408 e. The molecule has 0 bridgehead atoms. The molecule has 0 aromatic heterocycles. The first-order chi connectivity index (χ1) is 18.0. The Hall–Kier alpha value is -2.91. The Morgan fingerprint density at radius 2 is 1.68 bits per heavy atom. The zero-order valence-corrected chi connectivity index (χ0v) is 23.5. The minimum Gasteiger partial charge on any atom is -0.444 e. The van der Waals surface area contributed by atoms with E-state index in [1.54, 1.807) is 20.8 Å². The molecule has 4 amide bonds. The Balaban J connectivity index is 2.15. The third kappa shape index (κ3) is 9.76. The number of carbonyl (C=O) groups is 5. The van der Waals surface area contributed by atoms with Crippen molar-refractivity contribution in [2.24, 2.45) is 5.92 Å². The van der Waals surface area contributed by atoms with Crippen molar-refractivity contribution in [1.82, 2.24) is 20.9 Å². The minimum absolute atomic E-state index is 0.148. The largest absolute Gasteiger partial charge is 0.444 e. The maximum atomic E-state index is 13.7. The van der Waals surface area contributed by atoms with Gasteiger partial charge in [-0.15, -0.1) is 6.58 Å². The van der Waals surface area contributed by atoms with Crippen LogP contribution in [-0.4, -0.2) is 71.3 Å². The molecule has 214 valence electrons. The molecule has 3 atom stereocenters. The van der Waals surface area contributed by atoms with Gasteiger partial charge in [-0.2, -0.15) is 0 Å². The van der Waals surface area contributed by atoms with Gasteiger partial charge < -0.3 is 25.6 Å². The summed E-state index contributed by atoms with van der Waals surface area (Å²) < 4.78 is 5.42. The molecule has 2 fully saturated rings. The van der Waals surface area contributed by atoms with Gasteiger partial charge in [0.05, 0.1) is 6.04 Å². The van der Waals surface area contributed by atoms with Crippen molar-refractivity contribution in [3.63, 3.8) is 0 Å². The van der Waals surface area contributed by atoms with E-state index < -0.39 is 47.4 Å². The first-order valence-corrected chi connectivity index (χ1v) is 14.0. The van der Waals surface area contributed by atoms with Crippen LogP contribution < -0.4 is 16.0 Å². The number of alkyl carbamates (subject to hydrolysis) is 1. The van der Waals surface area contributed by atoms with Gasteiger partial charge in [0.25, 0.3) is 5.91 Å². The molecule has 1 saturated carbocycles. The van der Waals surface area contributed by atoms with Crippen LogP contribution in [-0.2, 0) is 23.9 Å². The topological polar surface area (TPSA) is 134 Å². The van der Waals surface area contributed by atoms with Gasteiger partial charge in [-0.3, -0.25) is 19.2 Å². The molecule has 1 saturated heterocycles. The Morgan fingerprint density at radius 3 is 2.29 bits per heavy atom. The van der Waals surface area contributed by atoms with Gasteiger partial charge in [0.2, 0.25) is 17.6 Å². The van der Waals surface area contributed by atoms with Crippen molar-refractivity contribution in [1.29, 1.82) is 0 Å². The molecule has 2 aliphatic rings. The summed E-state index contributed by atoms with van der Waals surface area (Å²) in [6.07, 6.45) is 8.61. The van der Waals surface area contributed by atoms with Crippen molar-refractivity contribution in [3.05, 3.63) is 12.7 Å². The summed E-state index contributed by atoms with van der Waals surface area (Å²) in [7, 11) is 0. The summed E-state index contributed by atoms with van der Waals surface area (Å²) >= 11 is 0. The minimum atomic E-state index is -0.979. The predicted molar refractivity (Wildman–Crippen MR) is 144 cm³/mol. The van der Waals surface area contributed by atoms with Gasteiger partial charge in [-0.05, 0) is 52.4 Å². The lowest BCUT2D eigenvalue weighted by Crippen LogP contribution is -2.56. The van der Waals surface area contributed by atoms with Crippen LogP contribution in [0.2, 0.25) is 0 Å². The summed E-state index contributed by atoms with van der Waals surface area (Å²) in [5.74, 6) is -1.98. The fourth-order valence-electron chi connectivity index (χ4n) is 5.17. The van der Waals surface area contributed by atoms with Crippen LogP contribution in [0, 0.1) is 5.92 Å². The Bertz CT molecular complexity index is 862. The van der Waals surface area contributed by atoms with E-state index in [4.69, 9.17) is 4.74 Å². The van der Waals surface area contributed by atoms with Crippen molar-refractivity contribution in [2.45, 2.75) is 116 Å². The fraction of sp³-hybridized carbons (Fsp3) is 0.750. The second kappa shape index (κ2) is 14.9. The highest BCUT2D eigenvalue weighted by Crippen LogP contribution is 2.29. The molecule has 0 aromatic rings. The highest BCUT2D eigenvalue weighted by Gasteiger charge is 2.40. The normalized spacial score (nSPS) is 19.7. The number of carbonyl (C=O) groups excluding carboxylic acids is 5. The number of ketones is 1. The van der Waals surface area contributed by atoms with E-state index in [0.29, 0.717) is 44.6 Å². The van der Waals surface area contributed by atoms with Crippen LogP contribution in [0.4, 0.5) is 4.79 Å². The number of Topliss-reactive ketones (excluding diaryl/α,β-unsaturated/α-hetero) is 1. The zero-order chi connectivity index (χ0) is 28.3. The molecule has 10 heteroatoms. The number of likely N-dealkylation sites (tertiary alicyclic amines) is 1. The summed E-state index contributed by atoms with van der Waals surface area (Å²) in [5.41, 5.74) is -0.711. The van der Waals surface area contributed by atoms with Crippen LogP contribution in [0.25, 0.3) is 0 Å². The standard InChI is InChI=1S/C28H46N4O6/c1-6-12-20(23(33)25(35)29-16-7-2)30-24(34)22-15-11-17-32(22)26(36)21(18-19-13-9-8-10-14-19)31-27(37)38-28(3,4)5/h7,19-22H,2,6,8-18H2,1,3-5H3,(H,29,35)(H,30,34)(H,31,37)/t20?,21-,22-/m0/s1. The molecular weight excluding hydrogens is 488 g/mol. The molecule has 0 aromatic carbocycles. The number of hydrogen-bond donors (Lipinski definition) is 3. The van der Waals surface area contributed by atoms with E-state index in [9.17, 15) is 24.0 Å². The van der Waals surface area contributed by atoms with Crippen LogP contribution in [0.1, 0.15) is 91.9 Å². The maximum Gasteiger partial charge on any atom is 0.408 e. The third-order valence-corrected chi connectivity index (χ3v) is 6.96. The van der Waals surface area contributed by atoms with Gasteiger partial charge in [0.15, 0.2) is 0 Å². The van der Waals surface area contributed by atoms with E-state index in [-0.39, 0.29) is 12.5 Å². The molecule has 1 aliphatic heterocycles. The summed E-state index contributed by atoms with van der Waals surface area (Å²) in [4.78, 5) is 66.0. The number of amides is 4. The molecule has 1 aliphatic carbocycles. The van der Waals surface area contributed by atoms with Gasteiger partial charge >= 0.3 is 6.09 Å². The molecular formula is C28H46N4O6. The number of rotatable bonds is 12. The SMILES string of the molecule is C=CCNC(=O)C(=O)C(CCC)NC(=O)[C@@H]1CCCN1C(=O)[C@H](CC1CCCCC1)NC(=O)OC(C)(C)C. The Kier molecular flexibility index (Phi) is 12.3. The average Bonchev–Trinajstić information content (AvgIpc) is 3.35. The van der Waals surface area contributed by atoms with Gasteiger partial charge in [0.1, 0.15) is 17.7 Å². The second-order valence-electron chi connectivity index (χ2n) is 11.3. The maximum absolute atomic E-state index is 13.7. The lowest BCUT2D eigenvalue weighted by molar-refractivity contribution is -0.143. The number of nitrogens with zero attached hydrogens (tertiary/aromatic N) is 1. The van der Waals surface area contributed by atoms with Crippen molar-refractivity contribution in [2.75, 3.05) is 13.1 Å². The number of nitrogens with one attached hydrogen (secondary N) is 3. The summed E-state index contributed by atoms with van der Waals surface area (Å²) in [6, 6.07) is -2.56. The highest BCUT2D eigenvalue weighted by atomic mass is 16.6. The van der Waals surface area contributed by atoms with E-state index in [2.05, 4.69) is 22.5 Å². The number of ether oxygens (including phenoxy) is 1. The monoisotopic (exact) mass is 534 g/mol. The zero-order valence-electron chi connectivity index (χ0n) is 23.5. The van der Waals surface area contributed by atoms with Crippen LogP contribution >= 0.6 is 0 Å². The van der Waals surface area contributed by atoms with Gasteiger partial charge in [0, 0.05) is 13.1 Å². The van der Waals surface area contributed by atoms with Crippen molar-refractivity contribution >= 4 is 29.6 Å². The number of hydrogen-bond acceptors (Lipinski definition) is 6. The Labute approximate surface area is 226 Å². The molecule has 38 heavy (non-hydrogen) atoms. The van der Waals surface area contributed by atoms with Crippen molar-refractivity contribution in [3.8, 4) is 0 Å². The summed E-state index contributed by atoms with van der Waals surface area (Å²) in [5, 5.41) is 7.94. The molecule has 3 N–H and O–H groups in total. The molecule has 1 unspecified atom stereocenters. The Morgan fingerprint density at radius 1 is 1.00 bits per heavy atom. The van der Waals surface area contributed by atoms with Crippen LogP contribution in [0.5, 0.6) is 0 Å². The highest BCUT2D eigenvalue weighted by molar-refractivity contribution is 6.38. The fourth-order valence-corrected chi connectivity index (χ4v) is 5.17. The van der Waals surface area contributed by atoms with Crippen molar-refractivity contribution < 1.29 is 28.7 Å². The third-order valence-electron chi connectivity index (χ3n) is 6.96. The van der Waals surface area contributed by atoms with Gasteiger partial charge in [-0.25, -0.2) is 4.79 Å². The quantitative estimate of drug-likeness (QED) is 0.260. The van der Waals surface area contributed by atoms with Crippen LogP contribution in [0.15, 0.2) is 12.7 Å². The first kappa shape index (κ1) is 31.3. The van der Waals surface area contributed by atoms with E-state index in [0.717, 1.165) is 25.7 Å². The lowest BCUT2D eigenvalue weighted by Gasteiger charge is -2.32. The van der Waals surface area contributed by atoms with E-state index in [1.807, 2.05) is 6.92 Å². The molecule has 1 heterocycles. The second-order valence-corrected chi connectivity index (χ2v) is 11.3. The van der Waals surface area contributed by atoms with Crippen LogP contribution in [0.3, 0.4) is 0 Å². The molecule has 10 nitrogen and oxygen atoms in total. The lowest BCUT2D eigenvalue weighted by atomic mass is 9.84. The molecule has 2 rings (SSSR count). The van der Waals surface area contributed by atoms with E-state index in [1.165, 1.54) is 17.4 Å². The molecule has 0 spiro atoms. The molecule has 0 radical (unpaired) electrons. The van der Waals surface area contributed by atoms with Gasteiger partial charge in [-0.1, -0.05) is 51.5 Å².